The van der Waals surface area contributed by atoms with Gasteiger partial charge in [-0.25, -0.2) is 9.99 Å². The lowest BCUT2D eigenvalue weighted by atomic mass is 10.2. The van der Waals surface area contributed by atoms with Crippen LogP contribution in [0.15, 0.2) is 47.3 Å². The maximum Gasteiger partial charge on any atom is 0.155 e. The second-order valence-corrected chi connectivity index (χ2v) is 8.15. The molecule has 1 aliphatic rings. The van der Waals surface area contributed by atoms with Gasteiger partial charge in [0.2, 0.25) is 0 Å². The van der Waals surface area contributed by atoms with E-state index in [1.165, 1.54) is 16.3 Å². The second kappa shape index (κ2) is 6.54. The molecule has 1 aromatic carbocycles. The minimum Gasteiger partial charge on any atom is -0.509 e. The number of nitrogens with zero attached hydrogens (tertiary/aromatic N) is 4. The number of para-hydroxylation sites is 1. The molecule has 0 saturated heterocycles. The molecule has 3 heterocycles. The van der Waals surface area contributed by atoms with Gasteiger partial charge in [0.25, 0.3) is 0 Å². The minimum absolute atomic E-state index is 0.131. The topological polar surface area (TPSA) is 75.8 Å². The number of thiazole rings is 1. The van der Waals surface area contributed by atoms with Gasteiger partial charge in [-0.3, -0.25) is 5.41 Å². The summed E-state index contributed by atoms with van der Waals surface area (Å²) < 4.78 is 1.03. The van der Waals surface area contributed by atoms with Gasteiger partial charge in [-0.15, -0.1) is 22.7 Å². The van der Waals surface area contributed by atoms with E-state index in [2.05, 4.69) is 10.1 Å². The molecular weight excluding hydrogens is 366 g/mol. The molecule has 0 saturated carbocycles. The Labute approximate surface area is 158 Å². The number of aromatic nitrogens is 1. The summed E-state index contributed by atoms with van der Waals surface area (Å²) >= 11 is 3.09. The SMILES string of the molecule is CN(C)c1ccc(/C=N\N2CC(O)=C(c3nc4ccccc4s3)C2=N)s1. The second-order valence-electron chi connectivity index (χ2n) is 6.03. The Balaban J connectivity index is 1.56. The first kappa shape index (κ1) is 16.7. The summed E-state index contributed by atoms with van der Waals surface area (Å²) in [5.41, 5.74) is 1.33. The van der Waals surface area contributed by atoms with E-state index in [9.17, 15) is 5.11 Å². The number of aliphatic hydroxyl groups excluding tert-OH is 1. The Bertz CT molecular complexity index is 1010. The van der Waals surface area contributed by atoms with Crippen LogP contribution in [0.3, 0.4) is 0 Å². The summed E-state index contributed by atoms with van der Waals surface area (Å²) in [5.74, 6) is 0.300. The number of fused-ring (bicyclic) bond motifs is 1. The highest BCUT2D eigenvalue weighted by Crippen LogP contribution is 2.33. The van der Waals surface area contributed by atoms with Crippen molar-refractivity contribution in [2.75, 3.05) is 25.5 Å². The third-order valence-electron chi connectivity index (χ3n) is 3.97. The molecule has 0 radical (unpaired) electrons. The molecule has 3 aromatic rings. The Morgan fingerprint density at radius 3 is 2.77 bits per heavy atom. The molecule has 6 nitrogen and oxygen atoms in total. The van der Waals surface area contributed by atoms with E-state index in [4.69, 9.17) is 5.41 Å². The highest BCUT2D eigenvalue weighted by atomic mass is 32.1. The monoisotopic (exact) mass is 383 g/mol. The van der Waals surface area contributed by atoms with Crippen molar-refractivity contribution in [3.05, 3.63) is 52.0 Å². The largest absolute Gasteiger partial charge is 0.509 e. The van der Waals surface area contributed by atoms with Gasteiger partial charge < -0.3 is 10.0 Å². The zero-order chi connectivity index (χ0) is 18.3. The highest BCUT2D eigenvalue weighted by molar-refractivity contribution is 7.19. The normalized spacial score (nSPS) is 15.0. The molecule has 4 rings (SSSR count). The maximum atomic E-state index is 10.4. The Kier molecular flexibility index (Phi) is 4.21. The molecule has 2 N–H and O–H groups in total. The molecule has 1 aliphatic heterocycles. The number of hydrogen-bond donors (Lipinski definition) is 2. The van der Waals surface area contributed by atoms with Crippen LogP contribution >= 0.6 is 22.7 Å². The maximum absolute atomic E-state index is 10.4. The van der Waals surface area contributed by atoms with Crippen LogP contribution in [0, 0.1) is 5.41 Å². The standard InChI is InChI=1S/C18H17N5OS2/c1-22(2)15-8-7-11(25-15)9-20-23-10-13(24)16(17(23)19)18-21-12-5-3-4-6-14(12)26-18/h3-9,19,24H,10H2,1-2H3/b19-17?,20-9-. The van der Waals surface area contributed by atoms with E-state index in [1.807, 2.05) is 55.4 Å². The van der Waals surface area contributed by atoms with E-state index >= 15 is 0 Å². The average molecular weight is 384 g/mol. The van der Waals surface area contributed by atoms with Crippen LogP contribution in [0.25, 0.3) is 15.8 Å². The van der Waals surface area contributed by atoms with Gasteiger partial charge >= 0.3 is 0 Å². The van der Waals surface area contributed by atoms with Crippen molar-refractivity contribution in [1.82, 2.24) is 9.99 Å². The first-order valence-corrected chi connectivity index (χ1v) is 9.62. The van der Waals surface area contributed by atoms with Gasteiger partial charge in [-0.2, -0.15) is 5.10 Å². The van der Waals surface area contributed by atoms with Crippen molar-refractivity contribution in [2.45, 2.75) is 0 Å². The fraction of sp³-hybridized carbons (Fsp3) is 0.167. The van der Waals surface area contributed by atoms with Crippen molar-refractivity contribution in [3.63, 3.8) is 0 Å². The summed E-state index contributed by atoms with van der Waals surface area (Å²) in [7, 11) is 3.99. The molecule has 26 heavy (non-hydrogen) atoms. The summed E-state index contributed by atoms with van der Waals surface area (Å²) in [6, 6.07) is 11.8. The Hall–Kier alpha value is -2.71. The summed E-state index contributed by atoms with van der Waals surface area (Å²) in [6.07, 6.45) is 1.72. The first-order chi connectivity index (χ1) is 12.5. The predicted molar refractivity (Wildman–Crippen MR) is 110 cm³/mol. The van der Waals surface area contributed by atoms with Gasteiger partial charge in [-0.05, 0) is 24.3 Å². The fourth-order valence-corrected chi connectivity index (χ4v) is 4.48. The quantitative estimate of drug-likeness (QED) is 0.667. The molecule has 0 fully saturated rings. The van der Waals surface area contributed by atoms with Crippen LogP contribution < -0.4 is 4.90 Å². The predicted octanol–water partition coefficient (Wildman–Crippen LogP) is 4.02. The van der Waals surface area contributed by atoms with Gasteiger partial charge in [0, 0.05) is 19.0 Å². The molecule has 2 aromatic heterocycles. The summed E-state index contributed by atoms with van der Waals surface area (Å²) in [4.78, 5) is 7.58. The Morgan fingerprint density at radius 2 is 2.04 bits per heavy atom. The first-order valence-electron chi connectivity index (χ1n) is 7.98. The molecule has 0 spiro atoms. The van der Waals surface area contributed by atoms with E-state index in [0.717, 1.165) is 20.1 Å². The lowest BCUT2D eigenvalue weighted by Crippen LogP contribution is -2.20. The van der Waals surface area contributed by atoms with Crippen molar-refractivity contribution in [3.8, 4) is 0 Å². The van der Waals surface area contributed by atoms with Crippen LogP contribution in [0.5, 0.6) is 0 Å². The molecule has 0 atom stereocenters. The lowest BCUT2D eigenvalue weighted by Gasteiger charge is -2.10. The lowest BCUT2D eigenvalue weighted by molar-refractivity contribution is 0.358. The van der Waals surface area contributed by atoms with Crippen molar-refractivity contribution in [1.29, 1.82) is 5.41 Å². The van der Waals surface area contributed by atoms with Crippen LogP contribution in [-0.2, 0) is 0 Å². The molecule has 132 valence electrons. The van der Waals surface area contributed by atoms with Crippen molar-refractivity contribution >= 4 is 55.5 Å². The van der Waals surface area contributed by atoms with E-state index < -0.39 is 0 Å². The summed E-state index contributed by atoms with van der Waals surface area (Å²) in [6.45, 7) is 0.187. The molecule has 8 heteroatoms. The number of rotatable bonds is 4. The molecular formula is C18H17N5OS2. The molecule has 0 bridgehead atoms. The Morgan fingerprint density at radius 1 is 1.23 bits per heavy atom. The molecule has 0 aliphatic carbocycles. The van der Waals surface area contributed by atoms with E-state index in [1.54, 1.807) is 17.6 Å². The highest BCUT2D eigenvalue weighted by Gasteiger charge is 2.30. The third kappa shape index (κ3) is 2.97. The number of hydrazone groups is 1. The van der Waals surface area contributed by atoms with E-state index in [0.29, 0.717) is 10.6 Å². The van der Waals surface area contributed by atoms with Crippen LogP contribution in [0.1, 0.15) is 9.88 Å². The zero-order valence-electron chi connectivity index (χ0n) is 14.3. The molecule has 0 unspecified atom stereocenters. The van der Waals surface area contributed by atoms with E-state index in [-0.39, 0.29) is 18.1 Å². The summed E-state index contributed by atoms with van der Waals surface area (Å²) in [5, 5.41) is 26.4. The average Bonchev–Trinajstić information content (AvgIpc) is 3.30. The number of thiophene rings is 1. The van der Waals surface area contributed by atoms with Crippen LogP contribution in [-0.4, -0.2) is 47.8 Å². The van der Waals surface area contributed by atoms with Gasteiger partial charge in [0.15, 0.2) is 5.84 Å². The fourth-order valence-electron chi connectivity index (χ4n) is 2.65. The number of benzene rings is 1. The number of nitrogens with one attached hydrogen (secondary N) is 1. The number of anilines is 1. The van der Waals surface area contributed by atoms with Gasteiger partial charge in [0.05, 0.1) is 27.0 Å². The third-order valence-corrected chi connectivity index (χ3v) is 6.21. The van der Waals surface area contributed by atoms with Crippen LogP contribution in [0.2, 0.25) is 0 Å². The van der Waals surface area contributed by atoms with Crippen molar-refractivity contribution < 1.29 is 5.11 Å². The zero-order valence-corrected chi connectivity index (χ0v) is 15.9. The van der Waals surface area contributed by atoms with Gasteiger partial charge in [-0.1, -0.05) is 12.1 Å². The van der Waals surface area contributed by atoms with Crippen molar-refractivity contribution in [2.24, 2.45) is 5.10 Å². The van der Waals surface area contributed by atoms with Crippen LogP contribution in [0.4, 0.5) is 5.00 Å². The smallest absolute Gasteiger partial charge is 0.155 e. The molecule has 0 amide bonds. The number of amidine groups is 1. The number of aliphatic hydroxyl groups is 1. The van der Waals surface area contributed by atoms with Gasteiger partial charge in [0.1, 0.15) is 17.3 Å². The minimum atomic E-state index is 0.131. The number of hydrogen-bond acceptors (Lipinski definition) is 7.